The topological polar surface area (TPSA) is 69.7 Å². The first kappa shape index (κ1) is 23.1. The number of nitrogens with zero attached hydrogens (tertiary/aromatic N) is 2. The van der Waals surface area contributed by atoms with E-state index in [0.717, 1.165) is 37.0 Å². The first-order chi connectivity index (χ1) is 14.7. The van der Waals surface area contributed by atoms with Crippen LogP contribution in [0.25, 0.3) is 0 Å². The molecule has 1 saturated heterocycles. The van der Waals surface area contributed by atoms with Crippen LogP contribution in [0.3, 0.4) is 0 Å². The summed E-state index contributed by atoms with van der Waals surface area (Å²) in [6.45, 7) is 2.58. The molecule has 2 aromatic carbocycles. The number of alkyl halides is 3. The standard InChI is InChI=1S/C21H24F3N3O3S/c22-21(23,24)17-6-4-9-19(16-17)31(29,30)25-11-5-10-20(28)27-14-12-26(13-15-27)18-7-2-1-3-8-18/h1-4,6-9,16,25H,5,10-15H2. The summed E-state index contributed by atoms with van der Waals surface area (Å²) in [7, 11) is -4.09. The number of para-hydroxylation sites is 1. The number of hydrogen-bond donors (Lipinski definition) is 1. The Balaban J connectivity index is 1.44. The van der Waals surface area contributed by atoms with Crippen molar-refractivity contribution in [3.63, 3.8) is 0 Å². The summed E-state index contributed by atoms with van der Waals surface area (Å²) in [4.78, 5) is 15.9. The molecule has 1 aliphatic rings. The van der Waals surface area contributed by atoms with Crippen LogP contribution in [-0.2, 0) is 21.0 Å². The average molecular weight is 456 g/mol. The zero-order valence-corrected chi connectivity index (χ0v) is 17.6. The Labute approximate surface area is 179 Å². The van der Waals surface area contributed by atoms with Crippen molar-refractivity contribution in [2.24, 2.45) is 0 Å². The lowest BCUT2D eigenvalue weighted by Crippen LogP contribution is -2.48. The molecule has 168 valence electrons. The van der Waals surface area contributed by atoms with Gasteiger partial charge >= 0.3 is 6.18 Å². The van der Waals surface area contributed by atoms with E-state index >= 15 is 0 Å². The zero-order chi connectivity index (χ0) is 22.5. The van der Waals surface area contributed by atoms with E-state index in [2.05, 4.69) is 9.62 Å². The fourth-order valence-electron chi connectivity index (χ4n) is 3.38. The molecule has 1 aliphatic heterocycles. The van der Waals surface area contributed by atoms with Crippen molar-refractivity contribution in [1.82, 2.24) is 9.62 Å². The van der Waals surface area contributed by atoms with Crippen LogP contribution in [0.15, 0.2) is 59.5 Å². The minimum absolute atomic E-state index is 0.0334. The number of sulfonamides is 1. The Bertz CT molecular complexity index is 990. The first-order valence-electron chi connectivity index (χ1n) is 9.91. The highest BCUT2D eigenvalue weighted by molar-refractivity contribution is 7.89. The fourth-order valence-corrected chi connectivity index (χ4v) is 4.50. The second kappa shape index (κ2) is 9.69. The molecule has 2 aromatic rings. The van der Waals surface area contributed by atoms with Crippen molar-refractivity contribution >= 4 is 21.6 Å². The maximum atomic E-state index is 12.8. The third-order valence-electron chi connectivity index (χ3n) is 5.08. The van der Waals surface area contributed by atoms with Crippen LogP contribution in [0.4, 0.5) is 18.9 Å². The van der Waals surface area contributed by atoms with Gasteiger partial charge in [0.1, 0.15) is 0 Å². The van der Waals surface area contributed by atoms with E-state index in [1.54, 1.807) is 4.90 Å². The van der Waals surface area contributed by atoms with E-state index in [1.165, 1.54) is 0 Å². The van der Waals surface area contributed by atoms with Gasteiger partial charge in [-0.1, -0.05) is 24.3 Å². The van der Waals surface area contributed by atoms with Gasteiger partial charge in [-0.15, -0.1) is 0 Å². The molecule has 1 amide bonds. The average Bonchev–Trinajstić information content (AvgIpc) is 2.77. The van der Waals surface area contributed by atoms with Gasteiger partial charge in [0.05, 0.1) is 10.5 Å². The van der Waals surface area contributed by atoms with E-state index in [-0.39, 0.29) is 25.3 Å². The number of carbonyl (C=O) groups is 1. The molecule has 0 saturated carbocycles. The molecule has 0 unspecified atom stereocenters. The normalized spacial score (nSPS) is 15.2. The number of nitrogens with one attached hydrogen (secondary N) is 1. The van der Waals surface area contributed by atoms with Gasteiger partial charge in [0.2, 0.25) is 15.9 Å². The van der Waals surface area contributed by atoms with Gasteiger partial charge in [0.25, 0.3) is 0 Å². The summed E-state index contributed by atoms with van der Waals surface area (Å²) < 4.78 is 65.1. The van der Waals surface area contributed by atoms with Gasteiger partial charge in [0, 0.05) is 44.8 Å². The number of anilines is 1. The summed E-state index contributed by atoms with van der Waals surface area (Å²) in [5, 5.41) is 0. The minimum atomic E-state index is -4.62. The zero-order valence-electron chi connectivity index (χ0n) is 16.8. The minimum Gasteiger partial charge on any atom is -0.368 e. The van der Waals surface area contributed by atoms with Crippen LogP contribution in [0, 0.1) is 0 Å². The third-order valence-corrected chi connectivity index (χ3v) is 6.54. The fraction of sp³-hybridized carbons (Fsp3) is 0.381. The molecule has 1 N–H and O–H groups in total. The lowest BCUT2D eigenvalue weighted by atomic mass is 10.2. The van der Waals surface area contributed by atoms with Crippen molar-refractivity contribution in [1.29, 1.82) is 0 Å². The van der Waals surface area contributed by atoms with Crippen molar-refractivity contribution < 1.29 is 26.4 Å². The lowest BCUT2D eigenvalue weighted by Gasteiger charge is -2.36. The van der Waals surface area contributed by atoms with Gasteiger partial charge in [0.15, 0.2) is 0 Å². The highest BCUT2D eigenvalue weighted by atomic mass is 32.2. The smallest absolute Gasteiger partial charge is 0.368 e. The van der Waals surface area contributed by atoms with Crippen molar-refractivity contribution in [2.45, 2.75) is 23.9 Å². The number of carbonyl (C=O) groups excluding carboxylic acids is 1. The molecule has 1 heterocycles. The van der Waals surface area contributed by atoms with Crippen LogP contribution >= 0.6 is 0 Å². The summed E-state index contributed by atoms with van der Waals surface area (Å²) in [5.74, 6) is -0.0639. The maximum absolute atomic E-state index is 12.8. The number of benzene rings is 2. The highest BCUT2D eigenvalue weighted by Crippen LogP contribution is 2.30. The van der Waals surface area contributed by atoms with Crippen LogP contribution in [0.1, 0.15) is 18.4 Å². The molecule has 0 radical (unpaired) electrons. The Morgan fingerprint density at radius 2 is 1.65 bits per heavy atom. The number of amides is 1. The molecule has 0 bridgehead atoms. The van der Waals surface area contributed by atoms with Gasteiger partial charge in [-0.25, -0.2) is 13.1 Å². The van der Waals surface area contributed by atoms with Crippen molar-refractivity contribution in [3.8, 4) is 0 Å². The maximum Gasteiger partial charge on any atom is 0.416 e. The van der Waals surface area contributed by atoms with E-state index in [0.29, 0.717) is 19.2 Å². The van der Waals surface area contributed by atoms with Crippen LogP contribution < -0.4 is 9.62 Å². The first-order valence-corrected chi connectivity index (χ1v) is 11.4. The summed E-state index contributed by atoms with van der Waals surface area (Å²) >= 11 is 0. The van der Waals surface area contributed by atoms with E-state index in [4.69, 9.17) is 0 Å². The van der Waals surface area contributed by atoms with Crippen molar-refractivity contribution in [2.75, 3.05) is 37.6 Å². The number of halogens is 3. The number of piperazine rings is 1. The molecule has 0 atom stereocenters. The predicted molar refractivity (Wildman–Crippen MR) is 111 cm³/mol. The third kappa shape index (κ3) is 6.20. The summed E-state index contributed by atoms with van der Waals surface area (Å²) in [6, 6.07) is 13.5. The molecule has 0 aliphatic carbocycles. The molecule has 0 aromatic heterocycles. The van der Waals surface area contributed by atoms with Crippen molar-refractivity contribution in [3.05, 3.63) is 60.2 Å². The van der Waals surface area contributed by atoms with Gasteiger partial charge in [-0.2, -0.15) is 13.2 Å². The summed E-state index contributed by atoms with van der Waals surface area (Å²) in [5.41, 5.74) is 0.0822. The van der Waals surface area contributed by atoms with Gasteiger partial charge < -0.3 is 9.80 Å². The van der Waals surface area contributed by atoms with E-state index in [1.807, 2.05) is 30.3 Å². The quantitative estimate of drug-likeness (QED) is 0.652. The second-order valence-corrected chi connectivity index (χ2v) is 9.00. The van der Waals surface area contributed by atoms with Gasteiger partial charge in [-0.3, -0.25) is 4.79 Å². The van der Waals surface area contributed by atoms with Gasteiger partial charge in [-0.05, 0) is 36.8 Å². The lowest BCUT2D eigenvalue weighted by molar-refractivity contribution is -0.137. The predicted octanol–water partition coefficient (Wildman–Crippen LogP) is 3.11. The molecule has 31 heavy (non-hydrogen) atoms. The SMILES string of the molecule is O=C(CCCNS(=O)(=O)c1cccc(C(F)(F)F)c1)N1CCN(c2ccccc2)CC1. The van der Waals surface area contributed by atoms with Crippen LogP contribution in [0.5, 0.6) is 0 Å². The molecule has 6 nitrogen and oxygen atoms in total. The number of hydrogen-bond acceptors (Lipinski definition) is 4. The Morgan fingerprint density at radius 3 is 2.29 bits per heavy atom. The number of rotatable bonds is 7. The largest absolute Gasteiger partial charge is 0.416 e. The summed E-state index contributed by atoms with van der Waals surface area (Å²) in [6.07, 6.45) is -4.20. The molecular formula is C21H24F3N3O3S. The monoisotopic (exact) mass is 455 g/mol. The second-order valence-electron chi connectivity index (χ2n) is 7.23. The van der Waals surface area contributed by atoms with Crippen LogP contribution in [-0.4, -0.2) is 51.9 Å². The van der Waals surface area contributed by atoms with E-state index < -0.39 is 26.7 Å². The molecule has 1 fully saturated rings. The van der Waals surface area contributed by atoms with E-state index in [9.17, 15) is 26.4 Å². The Kier molecular flexibility index (Phi) is 7.22. The highest BCUT2D eigenvalue weighted by Gasteiger charge is 2.31. The molecule has 3 rings (SSSR count). The Hall–Kier alpha value is -2.59. The molecular weight excluding hydrogens is 431 g/mol. The Morgan fingerprint density at radius 1 is 0.968 bits per heavy atom. The van der Waals surface area contributed by atoms with Crippen LogP contribution in [0.2, 0.25) is 0 Å². The molecule has 10 heteroatoms. The molecule has 0 spiro atoms.